The van der Waals surface area contributed by atoms with Gasteiger partial charge in [-0.2, -0.15) is 5.10 Å². The van der Waals surface area contributed by atoms with Crippen molar-refractivity contribution in [3.8, 4) is 11.5 Å². The van der Waals surface area contributed by atoms with E-state index in [1.165, 1.54) is 0 Å². The molecule has 0 amide bonds. The Labute approximate surface area is 112 Å². The van der Waals surface area contributed by atoms with E-state index in [1.54, 1.807) is 13.3 Å². The Morgan fingerprint density at radius 3 is 2.89 bits per heavy atom. The van der Waals surface area contributed by atoms with Crippen LogP contribution in [0.2, 0.25) is 0 Å². The first-order valence-electron chi connectivity index (χ1n) is 6.35. The summed E-state index contributed by atoms with van der Waals surface area (Å²) >= 11 is 0. The van der Waals surface area contributed by atoms with Crippen LogP contribution in [0.5, 0.6) is 0 Å². The lowest BCUT2D eigenvalue weighted by molar-refractivity contribution is 0.181. The van der Waals surface area contributed by atoms with Crippen LogP contribution in [-0.2, 0) is 17.9 Å². The topological polar surface area (TPSA) is 64.9 Å². The van der Waals surface area contributed by atoms with Crippen molar-refractivity contribution in [3.05, 3.63) is 24.0 Å². The third-order valence-corrected chi connectivity index (χ3v) is 2.71. The smallest absolute Gasteiger partial charge is 0.180 e. The zero-order chi connectivity index (χ0) is 13.7. The Hall–Kier alpha value is -1.95. The highest BCUT2D eigenvalue weighted by Gasteiger charge is 2.10. The summed E-state index contributed by atoms with van der Waals surface area (Å²) in [6, 6.07) is 3.81. The molecule has 0 saturated carbocycles. The van der Waals surface area contributed by atoms with Crippen LogP contribution in [0.25, 0.3) is 11.5 Å². The van der Waals surface area contributed by atoms with Crippen molar-refractivity contribution >= 4 is 5.82 Å². The van der Waals surface area contributed by atoms with Crippen LogP contribution in [0.15, 0.2) is 18.3 Å². The van der Waals surface area contributed by atoms with E-state index in [2.05, 4.69) is 27.3 Å². The maximum absolute atomic E-state index is 5.14. The fraction of sp³-hybridized carbons (Fsp3) is 0.462. The molecule has 0 radical (unpaired) electrons. The summed E-state index contributed by atoms with van der Waals surface area (Å²) in [6.45, 7) is 3.44. The Balaban J connectivity index is 2.42. The molecular weight excluding hydrogens is 242 g/mol. The third-order valence-electron chi connectivity index (χ3n) is 2.71. The molecule has 0 bridgehead atoms. The van der Waals surface area contributed by atoms with Crippen LogP contribution in [0.3, 0.4) is 0 Å². The number of hydrogen-bond acceptors (Lipinski definition) is 5. The number of rotatable bonds is 6. The van der Waals surface area contributed by atoms with Gasteiger partial charge in [-0.25, -0.2) is 9.97 Å². The number of ether oxygens (including phenoxy) is 1. The minimum atomic E-state index is 0.464. The zero-order valence-corrected chi connectivity index (χ0v) is 11.6. The second kappa shape index (κ2) is 6.29. The maximum atomic E-state index is 5.14. The highest BCUT2D eigenvalue weighted by molar-refractivity contribution is 5.53. The predicted molar refractivity (Wildman–Crippen MR) is 73.8 cm³/mol. The third kappa shape index (κ3) is 3.08. The van der Waals surface area contributed by atoms with Crippen LogP contribution >= 0.6 is 0 Å². The van der Waals surface area contributed by atoms with Crippen molar-refractivity contribution in [2.45, 2.75) is 26.5 Å². The standard InChI is InChI=1S/C13H19N5O/c1-4-7-18-11(5-6-15-18)13-16-10(9-19-3)8-12(14-2)17-13/h5-6,8H,4,7,9H2,1-3H3,(H,14,16,17). The number of nitrogens with one attached hydrogen (secondary N) is 1. The van der Waals surface area contributed by atoms with Crippen LogP contribution in [-0.4, -0.2) is 33.9 Å². The van der Waals surface area contributed by atoms with Gasteiger partial charge in [0.15, 0.2) is 5.82 Å². The quantitative estimate of drug-likeness (QED) is 0.860. The molecule has 0 aliphatic carbocycles. The van der Waals surface area contributed by atoms with Crippen molar-refractivity contribution in [3.63, 3.8) is 0 Å². The monoisotopic (exact) mass is 261 g/mol. The SMILES string of the molecule is CCCn1nccc1-c1nc(COC)cc(NC)n1. The average molecular weight is 261 g/mol. The van der Waals surface area contributed by atoms with Crippen molar-refractivity contribution in [2.24, 2.45) is 0 Å². The number of aryl methyl sites for hydroxylation is 1. The molecule has 1 N–H and O–H groups in total. The molecule has 0 saturated heterocycles. The number of anilines is 1. The maximum Gasteiger partial charge on any atom is 0.180 e. The van der Waals surface area contributed by atoms with E-state index in [4.69, 9.17) is 4.74 Å². The van der Waals surface area contributed by atoms with Crippen LogP contribution in [0.4, 0.5) is 5.82 Å². The Bertz CT molecular complexity index is 538. The lowest BCUT2D eigenvalue weighted by Crippen LogP contribution is -2.06. The summed E-state index contributed by atoms with van der Waals surface area (Å²) in [5.41, 5.74) is 1.78. The molecule has 102 valence electrons. The highest BCUT2D eigenvalue weighted by atomic mass is 16.5. The summed E-state index contributed by atoms with van der Waals surface area (Å²) in [5, 5.41) is 7.34. The second-order valence-electron chi connectivity index (χ2n) is 4.19. The van der Waals surface area contributed by atoms with E-state index in [0.29, 0.717) is 12.4 Å². The van der Waals surface area contributed by atoms with E-state index in [1.807, 2.05) is 23.9 Å². The number of methoxy groups -OCH3 is 1. The van der Waals surface area contributed by atoms with Gasteiger partial charge in [0.05, 0.1) is 12.3 Å². The van der Waals surface area contributed by atoms with Crippen LogP contribution in [0.1, 0.15) is 19.0 Å². The normalized spacial score (nSPS) is 10.7. The van der Waals surface area contributed by atoms with Gasteiger partial charge in [-0.15, -0.1) is 0 Å². The minimum absolute atomic E-state index is 0.464. The average Bonchev–Trinajstić information content (AvgIpc) is 2.87. The largest absolute Gasteiger partial charge is 0.378 e. The Morgan fingerprint density at radius 2 is 2.21 bits per heavy atom. The van der Waals surface area contributed by atoms with Crippen molar-refractivity contribution < 1.29 is 4.74 Å². The first-order chi connectivity index (χ1) is 9.28. The van der Waals surface area contributed by atoms with Crippen LogP contribution in [0, 0.1) is 0 Å². The molecule has 19 heavy (non-hydrogen) atoms. The van der Waals surface area contributed by atoms with Gasteiger partial charge in [-0.1, -0.05) is 6.92 Å². The predicted octanol–water partition coefficient (Wildman–Crippen LogP) is 1.94. The Morgan fingerprint density at radius 1 is 1.37 bits per heavy atom. The fourth-order valence-corrected chi connectivity index (χ4v) is 1.87. The summed E-state index contributed by atoms with van der Waals surface area (Å²) in [4.78, 5) is 9.00. The van der Waals surface area contributed by atoms with Gasteiger partial charge in [0, 0.05) is 33.0 Å². The molecule has 2 aromatic heterocycles. The molecule has 2 rings (SSSR count). The van der Waals surface area contributed by atoms with Gasteiger partial charge in [0.25, 0.3) is 0 Å². The molecule has 0 aromatic carbocycles. The summed E-state index contributed by atoms with van der Waals surface area (Å²) in [7, 11) is 3.49. The van der Waals surface area contributed by atoms with E-state index >= 15 is 0 Å². The van der Waals surface area contributed by atoms with Crippen molar-refractivity contribution in [1.29, 1.82) is 0 Å². The van der Waals surface area contributed by atoms with Gasteiger partial charge in [-0.3, -0.25) is 4.68 Å². The number of hydrogen-bond donors (Lipinski definition) is 1. The molecule has 6 nitrogen and oxygen atoms in total. The van der Waals surface area contributed by atoms with E-state index in [-0.39, 0.29) is 0 Å². The molecule has 0 spiro atoms. The molecule has 0 aliphatic heterocycles. The number of aromatic nitrogens is 4. The van der Waals surface area contributed by atoms with Gasteiger partial charge < -0.3 is 10.1 Å². The molecule has 0 atom stereocenters. The summed E-state index contributed by atoms with van der Waals surface area (Å²) < 4.78 is 7.06. The molecule has 2 aromatic rings. The molecule has 2 heterocycles. The lowest BCUT2D eigenvalue weighted by atomic mass is 10.3. The van der Waals surface area contributed by atoms with Crippen molar-refractivity contribution in [1.82, 2.24) is 19.7 Å². The highest BCUT2D eigenvalue weighted by Crippen LogP contribution is 2.18. The van der Waals surface area contributed by atoms with Crippen molar-refractivity contribution in [2.75, 3.05) is 19.5 Å². The molecule has 0 fully saturated rings. The van der Waals surface area contributed by atoms with E-state index < -0.39 is 0 Å². The zero-order valence-electron chi connectivity index (χ0n) is 11.6. The van der Waals surface area contributed by atoms with E-state index in [0.717, 1.165) is 30.2 Å². The van der Waals surface area contributed by atoms with Crippen LogP contribution < -0.4 is 5.32 Å². The van der Waals surface area contributed by atoms with Gasteiger partial charge >= 0.3 is 0 Å². The molecule has 0 unspecified atom stereocenters. The van der Waals surface area contributed by atoms with Gasteiger partial charge in [-0.05, 0) is 12.5 Å². The summed E-state index contributed by atoms with van der Waals surface area (Å²) in [6.07, 6.45) is 2.79. The second-order valence-corrected chi connectivity index (χ2v) is 4.19. The minimum Gasteiger partial charge on any atom is -0.378 e. The van der Waals surface area contributed by atoms with Gasteiger partial charge in [0.2, 0.25) is 0 Å². The number of nitrogens with zero attached hydrogens (tertiary/aromatic N) is 4. The lowest BCUT2D eigenvalue weighted by Gasteiger charge is -2.09. The Kier molecular flexibility index (Phi) is 4.46. The molecular formula is C13H19N5O. The summed E-state index contributed by atoms with van der Waals surface area (Å²) in [5.74, 6) is 1.45. The first kappa shape index (κ1) is 13.5. The fourth-order valence-electron chi connectivity index (χ4n) is 1.87. The first-order valence-corrected chi connectivity index (χ1v) is 6.35. The van der Waals surface area contributed by atoms with Gasteiger partial charge in [0.1, 0.15) is 11.5 Å². The molecule has 0 aliphatic rings. The molecule has 6 heteroatoms. The van der Waals surface area contributed by atoms with E-state index in [9.17, 15) is 0 Å².